The first-order valence-electron chi connectivity index (χ1n) is 5.96. The van der Waals surface area contributed by atoms with E-state index in [1.807, 2.05) is 27.7 Å². The number of benzene rings is 1. The second-order valence-corrected chi connectivity index (χ2v) is 5.47. The summed E-state index contributed by atoms with van der Waals surface area (Å²) in [6, 6.07) is 4.52. The van der Waals surface area contributed by atoms with Crippen molar-refractivity contribution in [3.05, 3.63) is 29.6 Å². The third kappa shape index (κ3) is 4.35. The zero-order valence-corrected chi connectivity index (χ0v) is 11.3. The largest absolute Gasteiger partial charge is 0.460 e. The number of nitrogens with two attached hydrogens (primary N) is 1. The molecule has 3 nitrogen and oxygen atoms in total. The Kier molecular flexibility index (Phi) is 4.33. The Morgan fingerprint density at radius 1 is 1.44 bits per heavy atom. The van der Waals surface area contributed by atoms with Gasteiger partial charge >= 0.3 is 5.97 Å². The normalized spacial score (nSPS) is 13.2. The lowest BCUT2D eigenvalue weighted by Crippen LogP contribution is -2.24. The maximum absolute atomic E-state index is 13.0. The monoisotopic (exact) mass is 253 g/mol. The Bertz CT molecular complexity index is 438. The van der Waals surface area contributed by atoms with Gasteiger partial charge in [-0.3, -0.25) is 4.79 Å². The van der Waals surface area contributed by atoms with Crippen molar-refractivity contribution in [3.8, 4) is 0 Å². The van der Waals surface area contributed by atoms with Crippen LogP contribution in [0.3, 0.4) is 0 Å². The van der Waals surface area contributed by atoms with Gasteiger partial charge in [0.15, 0.2) is 0 Å². The number of carbonyl (C=O) groups excluding carboxylic acids is 1. The summed E-state index contributed by atoms with van der Waals surface area (Å²) < 4.78 is 18.3. The molecule has 0 spiro atoms. The fourth-order valence-corrected chi connectivity index (χ4v) is 1.62. The number of nitrogen functional groups attached to an aromatic ring is 1. The first kappa shape index (κ1) is 14.5. The molecule has 0 saturated carbocycles. The maximum atomic E-state index is 13.0. The standard InChI is InChI=1S/C14H20FNO2/c1-9(7-13(17)18-14(2,3)4)10-5-6-11(15)12(16)8-10/h5-6,8-9H,7,16H2,1-4H3/t9-/m0/s1. The molecule has 0 aromatic heterocycles. The highest BCUT2D eigenvalue weighted by atomic mass is 19.1. The number of hydrogen-bond donors (Lipinski definition) is 1. The van der Waals surface area contributed by atoms with Crippen LogP contribution in [0.1, 0.15) is 45.6 Å². The van der Waals surface area contributed by atoms with Gasteiger partial charge in [0.05, 0.1) is 12.1 Å². The van der Waals surface area contributed by atoms with Crippen molar-refractivity contribution in [2.75, 3.05) is 5.73 Å². The predicted molar refractivity (Wildman–Crippen MR) is 69.7 cm³/mol. The van der Waals surface area contributed by atoms with Crippen molar-refractivity contribution in [1.82, 2.24) is 0 Å². The van der Waals surface area contributed by atoms with Gasteiger partial charge in [-0.25, -0.2) is 4.39 Å². The lowest BCUT2D eigenvalue weighted by atomic mass is 9.97. The summed E-state index contributed by atoms with van der Waals surface area (Å²) in [7, 11) is 0. The number of halogens is 1. The van der Waals surface area contributed by atoms with Gasteiger partial charge in [0.2, 0.25) is 0 Å². The summed E-state index contributed by atoms with van der Waals surface area (Å²) in [5, 5.41) is 0. The molecule has 100 valence electrons. The van der Waals surface area contributed by atoms with Crippen LogP contribution < -0.4 is 5.73 Å². The molecule has 0 heterocycles. The smallest absolute Gasteiger partial charge is 0.306 e. The quantitative estimate of drug-likeness (QED) is 0.664. The number of esters is 1. The molecule has 1 atom stereocenters. The van der Waals surface area contributed by atoms with Crippen LogP contribution in [-0.4, -0.2) is 11.6 Å². The Morgan fingerprint density at radius 3 is 2.56 bits per heavy atom. The minimum Gasteiger partial charge on any atom is -0.460 e. The van der Waals surface area contributed by atoms with Crippen molar-refractivity contribution < 1.29 is 13.9 Å². The highest BCUT2D eigenvalue weighted by Crippen LogP contribution is 2.24. The zero-order chi connectivity index (χ0) is 13.9. The maximum Gasteiger partial charge on any atom is 0.306 e. The van der Waals surface area contributed by atoms with E-state index in [-0.39, 0.29) is 24.0 Å². The van der Waals surface area contributed by atoms with Gasteiger partial charge in [-0.05, 0) is 44.4 Å². The summed E-state index contributed by atoms with van der Waals surface area (Å²) >= 11 is 0. The summed E-state index contributed by atoms with van der Waals surface area (Å²) in [4.78, 5) is 11.7. The van der Waals surface area contributed by atoms with Gasteiger partial charge in [0, 0.05) is 0 Å². The Hall–Kier alpha value is -1.58. The van der Waals surface area contributed by atoms with Crippen LogP contribution in [0, 0.1) is 5.82 Å². The third-order valence-corrected chi connectivity index (χ3v) is 2.48. The van der Waals surface area contributed by atoms with Crippen LogP contribution in [0.5, 0.6) is 0 Å². The lowest BCUT2D eigenvalue weighted by molar-refractivity contribution is -0.155. The summed E-state index contributed by atoms with van der Waals surface area (Å²) in [6.07, 6.45) is 0.252. The van der Waals surface area contributed by atoms with E-state index < -0.39 is 11.4 Å². The molecule has 1 rings (SSSR count). The minimum atomic E-state index is -0.487. The molecule has 0 aliphatic rings. The van der Waals surface area contributed by atoms with E-state index in [0.29, 0.717) is 0 Å². The average Bonchev–Trinajstić information content (AvgIpc) is 2.18. The van der Waals surface area contributed by atoms with Crippen molar-refractivity contribution >= 4 is 11.7 Å². The topological polar surface area (TPSA) is 52.3 Å². The van der Waals surface area contributed by atoms with Crippen LogP contribution in [0.15, 0.2) is 18.2 Å². The first-order chi connectivity index (χ1) is 8.19. The van der Waals surface area contributed by atoms with Crippen molar-refractivity contribution in [1.29, 1.82) is 0 Å². The number of ether oxygens (including phenoxy) is 1. The molecule has 18 heavy (non-hydrogen) atoms. The van der Waals surface area contributed by atoms with E-state index in [9.17, 15) is 9.18 Å². The van der Waals surface area contributed by atoms with E-state index in [1.165, 1.54) is 6.07 Å². The molecule has 1 aromatic carbocycles. The van der Waals surface area contributed by atoms with Gasteiger partial charge in [0.25, 0.3) is 0 Å². The fraction of sp³-hybridized carbons (Fsp3) is 0.500. The molecule has 0 radical (unpaired) electrons. The Labute approximate surface area is 107 Å². The van der Waals surface area contributed by atoms with E-state index in [0.717, 1.165) is 5.56 Å². The van der Waals surface area contributed by atoms with Crippen LogP contribution in [-0.2, 0) is 9.53 Å². The average molecular weight is 253 g/mol. The van der Waals surface area contributed by atoms with Crippen molar-refractivity contribution in [3.63, 3.8) is 0 Å². The van der Waals surface area contributed by atoms with Crippen molar-refractivity contribution in [2.24, 2.45) is 0 Å². The Balaban J connectivity index is 2.68. The van der Waals surface area contributed by atoms with Crippen LogP contribution in [0.25, 0.3) is 0 Å². The van der Waals surface area contributed by atoms with E-state index in [2.05, 4.69) is 0 Å². The molecule has 0 amide bonds. The van der Waals surface area contributed by atoms with Gasteiger partial charge < -0.3 is 10.5 Å². The van der Waals surface area contributed by atoms with E-state index in [1.54, 1.807) is 12.1 Å². The van der Waals surface area contributed by atoms with Gasteiger partial charge in [-0.15, -0.1) is 0 Å². The summed E-state index contributed by atoms with van der Waals surface area (Å²) in [5.41, 5.74) is 5.95. The fourth-order valence-electron chi connectivity index (χ4n) is 1.62. The predicted octanol–water partition coefficient (Wildman–Crippen LogP) is 3.24. The molecular formula is C14H20FNO2. The van der Waals surface area contributed by atoms with E-state index in [4.69, 9.17) is 10.5 Å². The van der Waals surface area contributed by atoms with Gasteiger partial charge in [-0.2, -0.15) is 0 Å². The van der Waals surface area contributed by atoms with Crippen LogP contribution in [0.2, 0.25) is 0 Å². The zero-order valence-electron chi connectivity index (χ0n) is 11.3. The van der Waals surface area contributed by atoms with Gasteiger partial charge in [-0.1, -0.05) is 13.0 Å². The van der Waals surface area contributed by atoms with E-state index >= 15 is 0 Å². The molecule has 2 N–H and O–H groups in total. The summed E-state index contributed by atoms with van der Waals surface area (Å²) in [5.74, 6) is -0.760. The number of hydrogen-bond acceptors (Lipinski definition) is 3. The van der Waals surface area contributed by atoms with Crippen LogP contribution in [0.4, 0.5) is 10.1 Å². The minimum absolute atomic E-state index is 0.0530. The molecule has 0 aliphatic carbocycles. The Morgan fingerprint density at radius 2 is 2.06 bits per heavy atom. The lowest BCUT2D eigenvalue weighted by Gasteiger charge is -2.21. The van der Waals surface area contributed by atoms with Gasteiger partial charge in [0.1, 0.15) is 11.4 Å². The number of carbonyl (C=O) groups is 1. The molecule has 0 unspecified atom stereocenters. The first-order valence-corrected chi connectivity index (χ1v) is 5.96. The molecule has 1 aromatic rings. The number of anilines is 1. The highest BCUT2D eigenvalue weighted by molar-refractivity contribution is 5.71. The second kappa shape index (κ2) is 5.38. The summed E-state index contributed by atoms with van der Waals surface area (Å²) in [6.45, 7) is 7.36. The molecule has 4 heteroatoms. The molecule has 0 bridgehead atoms. The second-order valence-electron chi connectivity index (χ2n) is 5.47. The SMILES string of the molecule is C[C@@H](CC(=O)OC(C)(C)C)c1ccc(F)c(N)c1. The molecule has 0 saturated heterocycles. The number of rotatable bonds is 3. The highest BCUT2D eigenvalue weighted by Gasteiger charge is 2.19. The molecule has 0 fully saturated rings. The third-order valence-electron chi connectivity index (χ3n) is 2.48. The molecule has 0 aliphatic heterocycles. The van der Waals surface area contributed by atoms with Crippen LogP contribution >= 0.6 is 0 Å². The van der Waals surface area contributed by atoms with Crippen molar-refractivity contribution in [2.45, 2.75) is 45.6 Å². The molecular weight excluding hydrogens is 233 g/mol.